The van der Waals surface area contributed by atoms with Gasteiger partial charge < -0.3 is 20.5 Å². The number of aryl methyl sites for hydroxylation is 1. The van der Waals surface area contributed by atoms with Gasteiger partial charge in [-0.15, -0.1) is 0 Å². The maximum absolute atomic E-state index is 12.6. The summed E-state index contributed by atoms with van der Waals surface area (Å²) in [4.78, 5) is 15.1. The molecule has 0 fully saturated rings. The molecule has 2 aromatic carbocycles. The van der Waals surface area contributed by atoms with Crippen molar-refractivity contribution in [1.29, 1.82) is 0 Å². The lowest BCUT2D eigenvalue weighted by Crippen LogP contribution is -2.31. The fourth-order valence-corrected chi connectivity index (χ4v) is 6.62. The maximum atomic E-state index is 12.6. The third kappa shape index (κ3) is 8.42. The van der Waals surface area contributed by atoms with Gasteiger partial charge >= 0.3 is 0 Å². The lowest BCUT2D eigenvalue weighted by molar-refractivity contribution is 0.0999. The minimum Gasteiger partial charge on any atom is -0.491 e. The zero-order chi connectivity index (χ0) is 28.2. The maximum Gasteiger partial charge on any atom is 0.249 e. The topological polar surface area (TPSA) is 75.8 Å². The number of aliphatic hydroxyl groups excluding tert-OH is 1. The van der Waals surface area contributed by atoms with E-state index in [0.717, 1.165) is 80.7 Å². The fraction of sp³-hybridized carbons (Fsp3) is 0.531. The van der Waals surface area contributed by atoms with E-state index < -0.39 is 0 Å². The van der Waals surface area contributed by atoms with Crippen LogP contribution in [0.1, 0.15) is 72.9 Å². The highest BCUT2D eigenvalue weighted by Crippen LogP contribution is 2.48. The molecule has 1 amide bonds. The van der Waals surface area contributed by atoms with Gasteiger partial charge in [0.1, 0.15) is 5.75 Å². The molecule has 3 N–H and O–H groups in total. The number of halogens is 1. The van der Waals surface area contributed by atoms with Crippen LogP contribution in [0.25, 0.3) is 0 Å². The number of ether oxygens (including phenoxy) is 1. The number of carbonyl (C=O) groups is 1. The number of amides is 1. The number of anilines is 1. The highest BCUT2D eigenvalue weighted by Gasteiger charge is 2.36. The third-order valence-corrected chi connectivity index (χ3v) is 8.81. The Morgan fingerprint density at radius 2 is 2.08 bits per heavy atom. The molecule has 39 heavy (non-hydrogen) atoms. The molecule has 0 spiro atoms. The second kappa shape index (κ2) is 16.2. The summed E-state index contributed by atoms with van der Waals surface area (Å²) in [6, 6.07) is 12.0. The third-order valence-electron chi connectivity index (χ3n) is 7.88. The Labute approximate surface area is 244 Å². The van der Waals surface area contributed by atoms with Crippen LogP contribution in [-0.2, 0) is 6.42 Å². The van der Waals surface area contributed by atoms with E-state index in [2.05, 4.69) is 42.4 Å². The van der Waals surface area contributed by atoms with Crippen molar-refractivity contribution in [3.63, 3.8) is 0 Å². The largest absolute Gasteiger partial charge is 0.491 e. The second-order valence-corrected chi connectivity index (χ2v) is 11.9. The predicted molar refractivity (Wildman–Crippen MR) is 167 cm³/mol. The number of hydrogen-bond acceptors (Lipinski definition) is 5. The summed E-state index contributed by atoms with van der Waals surface area (Å²) in [7, 11) is 1.00. The zero-order valence-corrected chi connectivity index (χ0v) is 25.3. The number of rotatable bonds is 11. The van der Waals surface area contributed by atoms with Crippen LogP contribution in [0.3, 0.4) is 0 Å². The first-order valence-corrected chi connectivity index (χ1v) is 16.0. The highest BCUT2D eigenvalue weighted by atomic mass is 35.5. The van der Waals surface area contributed by atoms with Gasteiger partial charge in [-0.3, -0.25) is 4.79 Å². The monoisotopic (exact) mass is 572 g/mol. The molecule has 3 atom stereocenters. The molecule has 0 saturated carbocycles. The number of benzene rings is 2. The summed E-state index contributed by atoms with van der Waals surface area (Å²) in [6.45, 7) is 4.88. The average molecular weight is 573 g/mol. The summed E-state index contributed by atoms with van der Waals surface area (Å²) in [5, 5.41) is 7.80. The van der Waals surface area contributed by atoms with Gasteiger partial charge in [-0.05, 0) is 91.8 Å². The van der Waals surface area contributed by atoms with Crippen LogP contribution < -0.4 is 15.4 Å². The standard InChI is InChI=1S/C31H41ClN2O2S.CH4O/c1-3-24-16-17-34-20-23(11-7-9-22-10-8-12-25(32)19-22)21-36-28-15-14-27(31(33)35)29(30(28)34)26(24)13-5-4-6-18-37-2;1-2/h5,8,10,12-15,19,23-24,26H,3-4,6-7,9,11,16-18,20-21H2,1-2H3,(H2,33,35);2H,1H3/b13-5+;/t23?,24-,26+;/m1./s1. The minimum absolute atomic E-state index is 0.171. The van der Waals surface area contributed by atoms with Gasteiger partial charge in [0.05, 0.1) is 12.3 Å². The number of hydrogen-bond donors (Lipinski definition) is 2. The minimum atomic E-state index is -0.349. The van der Waals surface area contributed by atoms with Gasteiger partial charge in [0.25, 0.3) is 0 Å². The molecule has 2 aromatic rings. The Kier molecular flexibility index (Phi) is 13.0. The van der Waals surface area contributed by atoms with Gasteiger partial charge in [0.15, 0.2) is 0 Å². The van der Waals surface area contributed by atoms with Crippen LogP contribution in [0.15, 0.2) is 48.6 Å². The molecule has 4 rings (SSSR count). The van der Waals surface area contributed by atoms with Gasteiger partial charge in [-0.1, -0.05) is 49.2 Å². The summed E-state index contributed by atoms with van der Waals surface area (Å²) in [5.41, 5.74) is 10.1. The molecule has 214 valence electrons. The fourth-order valence-electron chi connectivity index (χ4n) is 5.95. The number of carbonyl (C=O) groups excluding carboxylic acids is 1. The van der Waals surface area contributed by atoms with Crippen molar-refractivity contribution in [1.82, 2.24) is 0 Å². The quantitative estimate of drug-likeness (QED) is 0.222. The lowest BCUT2D eigenvalue weighted by atomic mass is 9.80. The summed E-state index contributed by atoms with van der Waals surface area (Å²) < 4.78 is 6.45. The Morgan fingerprint density at radius 1 is 1.26 bits per heavy atom. The molecule has 0 radical (unpaired) electrons. The van der Waals surface area contributed by atoms with Crippen molar-refractivity contribution < 1.29 is 14.6 Å². The van der Waals surface area contributed by atoms with Crippen molar-refractivity contribution in [2.75, 3.05) is 43.7 Å². The molecule has 1 unspecified atom stereocenters. The summed E-state index contributed by atoms with van der Waals surface area (Å²) in [5.74, 6) is 2.78. The molecule has 5 nitrogen and oxygen atoms in total. The molecule has 2 heterocycles. The first kappa shape index (κ1) is 31.4. The number of unbranched alkanes of at least 4 members (excludes halogenated alkanes) is 1. The first-order valence-electron chi connectivity index (χ1n) is 14.2. The number of aliphatic hydroxyl groups is 1. The van der Waals surface area contributed by atoms with Crippen molar-refractivity contribution >= 4 is 35.0 Å². The molecule has 7 heteroatoms. The van der Waals surface area contributed by atoms with E-state index in [0.29, 0.717) is 24.0 Å². The van der Waals surface area contributed by atoms with Crippen molar-refractivity contribution in [3.05, 3.63) is 70.3 Å². The number of nitrogens with zero attached hydrogens (tertiary/aromatic N) is 1. The van der Waals surface area contributed by atoms with Gasteiger partial charge in [0.2, 0.25) is 5.91 Å². The van der Waals surface area contributed by atoms with Gasteiger partial charge in [-0.25, -0.2) is 0 Å². The van der Waals surface area contributed by atoms with Crippen LogP contribution >= 0.6 is 23.4 Å². The van der Waals surface area contributed by atoms with Crippen molar-refractivity contribution in [2.45, 2.75) is 57.8 Å². The van der Waals surface area contributed by atoms with Gasteiger partial charge in [0, 0.05) is 42.6 Å². The smallest absolute Gasteiger partial charge is 0.249 e. The molecular formula is C32H45ClN2O3S. The molecule has 0 aromatic heterocycles. The van der Waals surface area contributed by atoms with Crippen LogP contribution in [0.5, 0.6) is 5.75 Å². The van der Waals surface area contributed by atoms with E-state index in [1.165, 1.54) is 17.7 Å². The van der Waals surface area contributed by atoms with Crippen molar-refractivity contribution in [2.24, 2.45) is 17.6 Å². The molecule has 2 aliphatic heterocycles. The number of allylic oxidation sites excluding steroid dienone is 2. The molecule has 0 aliphatic carbocycles. The SMILES string of the molecule is CC[C@@H]1CCN2CC(CCCc3cccc(Cl)c3)COc3ccc(C(N)=O)c(c32)[C@H]1/C=C/CCCSC.CO. The Hall–Kier alpha value is -2.15. The van der Waals surface area contributed by atoms with E-state index in [9.17, 15) is 4.79 Å². The summed E-state index contributed by atoms with van der Waals surface area (Å²) >= 11 is 8.07. The van der Waals surface area contributed by atoms with Crippen LogP contribution in [0.2, 0.25) is 5.02 Å². The van der Waals surface area contributed by atoms with Crippen LogP contribution in [0, 0.1) is 11.8 Å². The van der Waals surface area contributed by atoms with Crippen LogP contribution in [-0.4, -0.2) is 49.8 Å². The highest BCUT2D eigenvalue weighted by molar-refractivity contribution is 7.98. The molecular weight excluding hydrogens is 528 g/mol. The van der Waals surface area contributed by atoms with E-state index in [1.54, 1.807) is 0 Å². The Bertz CT molecular complexity index is 1090. The van der Waals surface area contributed by atoms with E-state index in [-0.39, 0.29) is 11.8 Å². The van der Waals surface area contributed by atoms with Crippen molar-refractivity contribution in [3.8, 4) is 5.75 Å². The second-order valence-electron chi connectivity index (χ2n) is 10.4. The zero-order valence-electron chi connectivity index (χ0n) is 23.7. The average Bonchev–Trinajstić information content (AvgIpc) is 3.21. The van der Waals surface area contributed by atoms with E-state index in [1.807, 2.05) is 36.0 Å². The number of primary amides is 1. The predicted octanol–water partition coefficient (Wildman–Crippen LogP) is 7.10. The van der Waals surface area contributed by atoms with E-state index in [4.69, 9.17) is 27.2 Å². The number of thioether (sulfide) groups is 1. The van der Waals surface area contributed by atoms with E-state index >= 15 is 0 Å². The normalized spacial score (nSPS) is 20.3. The number of nitrogens with two attached hydrogens (primary N) is 1. The lowest BCUT2D eigenvalue weighted by Gasteiger charge is -2.28. The van der Waals surface area contributed by atoms with Crippen LogP contribution in [0.4, 0.5) is 5.69 Å². The first-order chi connectivity index (χ1) is 19.0. The van der Waals surface area contributed by atoms with Gasteiger partial charge in [-0.2, -0.15) is 11.8 Å². The molecule has 0 saturated heterocycles. The Morgan fingerprint density at radius 3 is 2.79 bits per heavy atom. The molecule has 2 aliphatic rings. The summed E-state index contributed by atoms with van der Waals surface area (Å²) in [6.07, 6.45) is 14.4. The molecule has 0 bridgehead atoms. The Balaban J connectivity index is 0.00000205.